The minimum Gasteiger partial charge on any atom is -0.346 e. The summed E-state index contributed by atoms with van der Waals surface area (Å²) in [5, 5.41) is 13.7. The van der Waals surface area contributed by atoms with E-state index in [2.05, 4.69) is 20.8 Å². The highest BCUT2D eigenvalue weighted by Gasteiger charge is 2.19. The van der Waals surface area contributed by atoms with Crippen molar-refractivity contribution in [3.05, 3.63) is 65.2 Å². The molecular weight excluding hydrogens is 332 g/mol. The molecule has 0 aliphatic heterocycles. The van der Waals surface area contributed by atoms with Gasteiger partial charge in [0.05, 0.1) is 18.1 Å². The Morgan fingerprint density at radius 3 is 2.62 bits per heavy atom. The molecule has 3 rings (SSSR count). The molecule has 2 N–H and O–H groups in total. The fourth-order valence-corrected chi connectivity index (χ4v) is 2.61. The van der Waals surface area contributed by atoms with E-state index in [1.54, 1.807) is 30.1 Å². The van der Waals surface area contributed by atoms with E-state index in [-0.39, 0.29) is 17.5 Å². The minimum atomic E-state index is -0.326. The lowest BCUT2D eigenvalue weighted by molar-refractivity contribution is 0.0942. The third-order valence-corrected chi connectivity index (χ3v) is 3.89. The first kappa shape index (κ1) is 17.4. The third kappa shape index (κ3) is 3.80. The van der Waals surface area contributed by atoms with Gasteiger partial charge in [-0.2, -0.15) is 10.2 Å². The number of aryl methyl sites for hydroxylation is 3. The summed E-state index contributed by atoms with van der Waals surface area (Å²) < 4.78 is 3.10. The molecule has 2 heterocycles. The van der Waals surface area contributed by atoms with Crippen LogP contribution in [0.5, 0.6) is 0 Å². The zero-order chi connectivity index (χ0) is 18.7. The van der Waals surface area contributed by atoms with E-state index in [0.29, 0.717) is 17.8 Å². The maximum Gasteiger partial charge on any atom is 0.271 e. The van der Waals surface area contributed by atoms with Crippen molar-refractivity contribution in [1.29, 1.82) is 0 Å². The first-order valence-electron chi connectivity index (χ1n) is 8.10. The molecular formula is C18H20N6O2. The second-order valence-electron chi connectivity index (χ2n) is 6.06. The number of hydrogen-bond acceptors (Lipinski definition) is 4. The topological polar surface area (TPSA) is 93.8 Å². The number of nitrogens with zero attached hydrogens (tertiary/aromatic N) is 4. The Kier molecular flexibility index (Phi) is 4.83. The second kappa shape index (κ2) is 7.22. The van der Waals surface area contributed by atoms with Crippen molar-refractivity contribution < 1.29 is 9.59 Å². The molecule has 0 saturated heterocycles. The highest BCUT2D eigenvalue weighted by molar-refractivity contribution is 6.08. The first-order valence-corrected chi connectivity index (χ1v) is 8.10. The molecule has 0 aliphatic carbocycles. The van der Waals surface area contributed by atoms with Gasteiger partial charge in [0, 0.05) is 38.0 Å². The molecule has 2 amide bonds. The van der Waals surface area contributed by atoms with E-state index in [0.717, 1.165) is 11.1 Å². The van der Waals surface area contributed by atoms with Gasteiger partial charge in [0.15, 0.2) is 0 Å². The summed E-state index contributed by atoms with van der Waals surface area (Å²) in [6.07, 6.45) is 4.97. The van der Waals surface area contributed by atoms with Gasteiger partial charge in [-0.05, 0) is 19.1 Å². The van der Waals surface area contributed by atoms with Crippen molar-refractivity contribution in [3.63, 3.8) is 0 Å². The quantitative estimate of drug-likeness (QED) is 0.730. The van der Waals surface area contributed by atoms with Crippen molar-refractivity contribution >= 4 is 17.5 Å². The van der Waals surface area contributed by atoms with Crippen LogP contribution in [-0.4, -0.2) is 31.4 Å². The van der Waals surface area contributed by atoms with E-state index in [4.69, 9.17) is 0 Å². The Balaban J connectivity index is 1.73. The van der Waals surface area contributed by atoms with Crippen LogP contribution in [-0.2, 0) is 20.6 Å². The molecule has 2 aromatic heterocycles. The van der Waals surface area contributed by atoms with Crippen LogP contribution in [0.2, 0.25) is 0 Å². The van der Waals surface area contributed by atoms with Crippen molar-refractivity contribution in [1.82, 2.24) is 24.9 Å². The highest BCUT2D eigenvalue weighted by atomic mass is 16.2. The van der Waals surface area contributed by atoms with Crippen LogP contribution in [0, 0.1) is 6.92 Å². The van der Waals surface area contributed by atoms with Crippen LogP contribution in [0.4, 0.5) is 5.69 Å². The van der Waals surface area contributed by atoms with Gasteiger partial charge in [0.1, 0.15) is 5.69 Å². The summed E-state index contributed by atoms with van der Waals surface area (Å²) in [4.78, 5) is 25.0. The van der Waals surface area contributed by atoms with Gasteiger partial charge < -0.3 is 10.6 Å². The predicted octanol–water partition coefficient (Wildman–Crippen LogP) is 1.64. The van der Waals surface area contributed by atoms with Gasteiger partial charge in [0.25, 0.3) is 11.8 Å². The summed E-state index contributed by atoms with van der Waals surface area (Å²) in [7, 11) is 3.46. The van der Waals surface area contributed by atoms with Crippen molar-refractivity contribution in [2.45, 2.75) is 13.5 Å². The maximum atomic E-state index is 12.5. The number of rotatable bonds is 5. The summed E-state index contributed by atoms with van der Waals surface area (Å²) in [5.41, 5.74) is 3.04. The van der Waals surface area contributed by atoms with E-state index in [9.17, 15) is 9.59 Å². The number of hydrogen-bond donors (Lipinski definition) is 2. The normalized spacial score (nSPS) is 10.6. The van der Waals surface area contributed by atoms with E-state index >= 15 is 0 Å². The number of carbonyl (C=O) groups excluding carboxylic acids is 2. The third-order valence-electron chi connectivity index (χ3n) is 3.89. The zero-order valence-corrected chi connectivity index (χ0v) is 14.9. The second-order valence-corrected chi connectivity index (χ2v) is 6.06. The van der Waals surface area contributed by atoms with Crippen LogP contribution < -0.4 is 10.6 Å². The van der Waals surface area contributed by atoms with Crippen molar-refractivity contribution in [2.24, 2.45) is 14.1 Å². The lowest BCUT2D eigenvalue weighted by Crippen LogP contribution is -2.26. The molecule has 0 spiro atoms. The van der Waals surface area contributed by atoms with Gasteiger partial charge in [0.2, 0.25) is 0 Å². The first-order chi connectivity index (χ1) is 12.4. The summed E-state index contributed by atoms with van der Waals surface area (Å²) >= 11 is 0. The van der Waals surface area contributed by atoms with Gasteiger partial charge in [-0.25, -0.2) is 0 Å². The molecule has 0 atom stereocenters. The molecule has 134 valence electrons. The van der Waals surface area contributed by atoms with E-state index < -0.39 is 0 Å². The van der Waals surface area contributed by atoms with Gasteiger partial charge >= 0.3 is 0 Å². The Labute approximate surface area is 150 Å². The molecule has 1 aromatic carbocycles. The van der Waals surface area contributed by atoms with Crippen LogP contribution in [0.15, 0.2) is 42.9 Å². The molecule has 8 heteroatoms. The number of benzene rings is 1. The number of anilines is 1. The maximum absolute atomic E-state index is 12.5. The average molecular weight is 352 g/mol. The Bertz CT molecular complexity index is 956. The van der Waals surface area contributed by atoms with Crippen molar-refractivity contribution in [3.8, 4) is 0 Å². The van der Waals surface area contributed by atoms with Crippen LogP contribution in [0.1, 0.15) is 32.0 Å². The number of aromatic nitrogens is 4. The smallest absolute Gasteiger partial charge is 0.271 e. The molecule has 26 heavy (non-hydrogen) atoms. The molecule has 0 unspecified atom stereocenters. The molecule has 3 aromatic rings. The fraction of sp³-hybridized carbons (Fsp3) is 0.222. The summed E-state index contributed by atoms with van der Waals surface area (Å²) in [5.74, 6) is -0.614. The van der Waals surface area contributed by atoms with Crippen LogP contribution >= 0.6 is 0 Å². The van der Waals surface area contributed by atoms with Crippen LogP contribution in [0.25, 0.3) is 0 Å². The molecule has 0 radical (unpaired) electrons. The minimum absolute atomic E-state index is 0.287. The lowest BCUT2D eigenvalue weighted by Gasteiger charge is -2.09. The van der Waals surface area contributed by atoms with Gasteiger partial charge in [-0.15, -0.1) is 0 Å². The molecule has 0 saturated carbocycles. The Hall–Kier alpha value is -3.42. The molecule has 0 fully saturated rings. The fourth-order valence-electron chi connectivity index (χ4n) is 2.61. The summed E-state index contributed by atoms with van der Waals surface area (Å²) in [6.45, 7) is 2.25. The summed E-state index contributed by atoms with van der Waals surface area (Å²) in [6, 6.07) is 7.24. The Morgan fingerprint density at radius 1 is 1.12 bits per heavy atom. The van der Waals surface area contributed by atoms with Gasteiger partial charge in [-0.3, -0.25) is 19.0 Å². The molecule has 0 bridgehead atoms. The SMILES string of the molecule is Cc1cccc(C(=O)Nc2cnn(C)c2C(=O)NCc2cnn(C)c2)c1. The van der Waals surface area contributed by atoms with E-state index in [1.807, 2.05) is 32.3 Å². The standard InChI is InChI=1S/C18H20N6O2/c1-12-5-4-6-14(7-12)17(25)22-15-10-21-24(3)16(15)18(26)19-8-13-9-20-23(2)11-13/h4-7,9-11H,8H2,1-3H3,(H,19,26)(H,22,25). The molecule has 0 aliphatic rings. The lowest BCUT2D eigenvalue weighted by atomic mass is 10.1. The largest absolute Gasteiger partial charge is 0.346 e. The van der Waals surface area contributed by atoms with Crippen molar-refractivity contribution in [2.75, 3.05) is 5.32 Å². The average Bonchev–Trinajstić information content (AvgIpc) is 3.18. The number of carbonyl (C=O) groups is 2. The number of amides is 2. The monoisotopic (exact) mass is 352 g/mol. The van der Waals surface area contributed by atoms with Gasteiger partial charge in [-0.1, -0.05) is 17.7 Å². The molecule has 8 nitrogen and oxygen atoms in total. The van der Waals surface area contributed by atoms with E-state index in [1.165, 1.54) is 10.9 Å². The highest BCUT2D eigenvalue weighted by Crippen LogP contribution is 2.16. The Morgan fingerprint density at radius 2 is 1.92 bits per heavy atom. The van der Waals surface area contributed by atoms with Crippen LogP contribution in [0.3, 0.4) is 0 Å². The number of nitrogens with one attached hydrogen (secondary N) is 2. The predicted molar refractivity (Wildman–Crippen MR) is 96.7 cm³/mol. The zero-order valence-electron chi connectivity index (χ0n) is 14.9.